The van der Waals surface area contributed by atoms with E-state index in [1.807, 2.05) is 12.1 Å². The average molecular weight is 313 g/mol. The van der Waals surface area contributed by atoms with Crippen LogP contribution in [0.25, 0.3) is 0 Å². The Kier molecular flexibility index (Phi) is 6.15. The highest BCUT2D eigenvalue weighted by molar-refractivity contribution is 6.33. The smallest absolute Gasteiger partial charge is 0.179 e. The van der Waals surface area contributed by atoms with Crippen molar-refractivity contribution >= 4 is 11.6 Å². The van der Waals surface area contributed by atoms with Crippen molar-refractivity contribution in [1.82, 2.24) is 10.2 Å². The minimum Gasteiger partial charge on any atom is -0.493 e. The Morgan fingerprint density at radius 3 is 2.76 bits per heavy atom. The molecule has 1 aromatic rings. The molecule has 4 nitrogen and oxygen atoms in total. The zero-order valence-corrected chi connectivity index (χ0v) is 13.9. The van der Waals surface area contributed by atoms with E-state index in [4.69, 9.17) is 21.1 Å². The summed E-state index contributed by atoms with van der Waals surface area (Å²) in [4.78, 5) is 2.50. The summed E-state index contributed by atoms with van der Waals surface area (Å²) >= 11 is 6.38. The van der Waals surface area contributed by atoms with Crippen LogP contribution in [0.4, 0.5) is 0 Å². The largest absolute Gasteiger partial charge is 0.493 e. The molecular weight excluding hydrogens is 288 g/mol. The van der Waals surface area contributed by atoms with Gasteiger partial charge in [0.25, 0.3) is 0 Å². The lowest BCUT2D eigenvalue weighted by Gasteiger charge is -2.15. The van der Waals surface area contributed by atoms with Gasteiger partial charge in [-0.15, -0.1) is 0 Å². The van der Waals surface area contributed by atoms with E-state index >= 15 is 0 Å². The summed E-state index contributed by atoms with van der Waals surface area (Å²) in [5.41, 5.74) is 1.04. The Balaban J connectivity index is 1.89. The number of halogens is 1. The molecule has 0 aromatic heterocycles. The summed E-state index contributed by atoms with van der Waals surface area (Å²) in [6.07, 6.45) is 1.28. The highest BCUT2D eigenvalue weighted by Crippen LogP contribution is 2.37. The first-order valence-corrected chi connectivity index (χ1v) is 7.89. The van der Waals surface area contributed by atoms with E-state index < -0.39 is 0 Å². The maximum Gasteiger partial charge on any atom is 0.179 e. The molecule has 0 bridgehead atoms. The van der Waals surface area contributed by atoms with Crippen LogP contribution in [0.2, 0.25) is 5.02 Å². The van der Waals surface area contributed by atoms with Crippen LogP contribution in [0.15, 0.2) is 12.1 Å². The molecular formula is C16H25ClN2O2. The van der Waals surface area contributed by atoms with Crippen LogP contribution < -0.4 is 14.8 Å². The Bertz CT molecular complexity index is 468. The third kappa shape index (κ3) is 4.02. The predicted molar refractivity (Wildman–Crippen MR) is 86.5 cm³/mol. The number of ether oxygens (including phenoxy) is 2. The third-order valence-corrected chi connectivity index (χ3v) is 4.55. The molecule has 5 heteroatoms. The van der Waals surface area contributed by atoms with Crippen molar-refractivity contribution in [3.63, 3.8) is 0 Å². The van der Waals surface area contributed by atoms with Gasteiger partial charge in [-0.1, -0.05) is 24.6 Å². The molecule has 1 saturated heterocycles. The van der Waals surface area contributed by atoms with E-state index in [1.54, 1.807) is 14.2 Å². The summed E-state index contributed by atoms with van der Waals surface area (Å²) in [6.45, 7) is 7.57. The van der Waals surface area contributed by atoms with Crippen LogP contribution in [0.3, 0.4) is 0 Å². The molecule has 2 rings (SSSR count). The van der Waals surface area contributed by atoms with Gasteiger partial charge in [0, 0.05) is 13.1 Å². The van der Waals surface area contributed by atoms with Crippen molar-refractivity contribution in [3.05, 3.63) is 22.7 Å². The van der Waals surface area contributed by atoms with E-state index in [0.717, 1.165) is 31.1 Å². The number of benzene rings is 1. The number of hydrogen-bond acceptors (Lipinski definition) is 4. The molecule has 1 aromatic carbocycles. The quantitative estimate of drug-likeness (QED) is 0.839. The fourth-order valence-corrected chi connectivity index (χ4v) is 3.14. The molecule has 118 valence electrons. The van der Waals surface area contributed by atoms with Gasteiger partial charge in [-0.25, -0.2) is 0 Å². The van der Waals surface area contributed by atoms with Crippen molar-refractivity contribution in [2.75, 3.05) is 40.4 Å². The van der Waals surface area contributed by atoms with Crippen LogP contribution in [0.5, 0.6) is 11.5 Å². The number of nitrogens with zero attached hydrogens (tertiary/aromatic N) is 1. The number of methoxy groups -OCH3 is 2. The molecule has 0 aliphatic carbocycles. The first kappa shape index (κ1) is 16.4. The van der Waals surface area contributed by atoms with Gasteiger partial charge in [-0.3, -0.25) is 0 Å². The highest BCUT2D eigenvalue weighted by Gasteiger charge is 2.20. The van der Waals surface area contributed by atoms with Crippen molar-refractivity contribution in [3.8, 4) is 11.5 Å². The van der Waals surface area contributed by atoms with Crippen LogP contribution in [0, 0.1) is 5.92 Å². The van der Waals surface area contributed by atoms with Gasteiger partial charge < -0.3 is 19.7 Å². The number of hydrogen-bond donors (Lipinski definition) is 1. The van der Waals surface area contributed by atoms with Crippen molar-refractivity contribution in [2.45, 2.75) is 19.9 Å². The molecule has 1 aliphatic heterocycles. The first-order chi connectivity index (χ1) is 10.2. The average Bonchev–Trinajstić information content (AvgIpc) is 2.96. The third-order valence-electron chi connectivity index (χ3n) is 4.13. The van der Waals surface area contributed by atoms with Gasteiger partial charge >= 0.3 is 0 Å². The second kappa shape index (κ2) is 7.87. The molecule has 21 heavy (non-hydrogen) atoms. The van der Waals surface area contributed by atoms with Gasteiger partial charge in [-0.2, -0.15) is 0 Å². The lowest BCUT2D eigenvalue weighted by molar-refractivity contribution is 0.338. The van der Waals surface area contributed by atoms with E-state index in [9.17, 15) is 0 Å². The molecule has 0 spiro atoms. The maximum absolute atomic E-state index is 6.38. The van der Waals surface area contributed by atoms with E-state index in [2.05, 4.69) is 17.1 Å². The molecule has 1 unspecified atom stereocenters. The predicted octanol–water partition coefficient (Wildman–Crippen LogP) is 2.79. The molecule has 0 radical (unpaired) electrons. The summed E-state index contributed by atoms with van der Waals surface area (Å²) in [5.74, 6) is 2.01. The van der Waals surface area contributed by atoms with Gasteiger partial charge in [0.05, 0.1) is 19.2 Å². The maximum atomic E-state index is 6.38. The van der Waals surface area contributed by atoms with Crippen LogP contribution in [-0.2, 0) is 6.54 Å². The van der Waals surface area contributed by atoms with Crippen molar-refractivity contribution in [1.29, 1.82) is 0 Å². The van der Waals surface area contributed by atoms with E-state index in [0.29, 0.717) is 16.5 Å². The Hall–Kier alpha value is -0.970. The topological polar surface area (TPSA) is 33.7 Å². The normalized spacial score (nSPS) is 19.0. The minimum absolute atomic E-state index is 0.608. The summed E-state index contributed by atoms with van der Waals surface area (Å²) in [7, 11) is 3.23. The second-order valence-corrected chi connectivity index (χ2v) is 5.83. The minimum atomic E-state index is 0.608. The Labute approximate surface area is 132 Å². The Morgan fingerprint density at radius 2 is 2.14 bits per heavy atom. The highest BCUT2D eigenvalue weighted by atomic mass is 35.5. The molecule has 1 atom stereocenters. The second-order valence-electron chi connectivity index (χ2n) is 5.45. The zero-order valence-electron chi connectivity index (χ0n) is 13.1. The van der Waals surface area contributed by atoms with Gasteiger partial charge in [0.2, 0.25) is 0 Å². The number of nitrogens with one attached hydrogen (secondary N) is 1. The standard InChI is InChI=1S/C16H25ClN2O2/c1-4-19-8-7-12(11-19)9-18-10-13-5-6-14(20-2)16(21-3)15(13)17/h5-6,12,18H,4,7-11H2,1-3H3. The molecule has 1 fully saturated rings. The summed E-state index contributed by atoms with van der Waals surface area (Å²) in [6, 6.07) is 3.89. The van der Waals surface area contributed by atoms with E-state index in [1.165, 1.54) is 19.5 Å². The van der Waals surface area contributed by atoms with Crippen LogP contribution in [-0.4, -0.2) is 45.3 Å². The molecule has 1 aliphatic rings. The monoisotopic (exact) mass is 312 g/mol. The number of likely N-dealkylation sites (tertiary alicyclic amines) is 1. The van der Waals surface area contributed by atoms with Gasteiger partial charge in [0.1, 0.15) is 0 Å². The van der Waals surface area contributed by atoms with Crippen LogP contribution in [0.1, 0.15) is 18.9 Å². The lowest BCUT2D eigenvalue weighted by Crippen LogP contribution is -2.26. The van der Waals surface area contributed by atoms with Crippen molar-refractivity contribution < 1.29 is 9.47 Å². The fourth-order valence-electron chi connectivity index (χ4n) is 2.84. The first-order valence-electron chi connectivity index (χ1n) is 7.52. The molecule has 1 N–H and O–H groups in total. The van der Waals surface area contributed by atoms with E-state index in [-0.39, 0.29) is 0 Å². The number of rotatable bonds is 7. The molecule has 0 amide bonds. The van der Waals surface area contributed by atoms with Crippen molar-refractivity contribution in [2.24, 2.45) is 5.92 Å². The molecule has 1 heterocycles. The zero-order chi connectivity index (χ0) is 15.2. The van der Waals surface area contributed by atoms with Crippen LogP contribution >= 0.6 is 11.6 Å². The SMILES string of the molecule is CCN1CCC(CNCc2ccc(OC)c(OC)c2Cl)C1. The fraction of sp³-hybridized carbons (Fsp3) is 0.625. The molecule has 0 saturated carbocycles. The lowest BCUT2D eigenvalue weighted by atomic mass is 10.1. The van der Waals surface area contributed by atoms with Gasteiger partial charge in [-0.05, 0) is 43.6 Å². The van der Waals surface area contributed by atoms with Gasteiger partial charge in [0.15, 0.2) is 11.5 Å². The Morgan fingerprint density at radius 1 is 1.33 bits per heavy atom. The summed E-state index contributed by atoms with van der Waals surface area (Å²) < 4.78 is 10.6. The summed E-state index contributed by atoms with van der Waals surface area (Å²) in [5, 5.41) is 4.14.